The van der Waals surface area contributed by atoms with Crippen molar-refractivity contribution in [1.29, 1.82) is 0 Å². The van der Waals surface area contributed by atoms with E-state index in [9.17, 15) is 13.2 Å². The molecule has 0 unspecified atom stereocenters. The Bertz CT molecular complexity index is 407. The van der Waals surface area contributed by atoms with Gasteiger partial charge >= 0.3 is 0 Å². The van der Waals surface area contributed by atoms with Gasteiger partial charge in [0.05, 0.1) is 5.75 Å². The number of nitrogens with zero attached hydrogens (tertiary/aromatic N) is 1. The Labute approximate surface area is 103 Å². The molecule has 0 aromatic heterocycles. The summed E-state index contributed by atoms with van der Waals surface area (Å²) >= 11 is 0. The van der Waals surface area contributed by atoms with Gasteiger partial charge in [-0.2, -0.15) is 0 Å². The van der Waals surface area contributed by atoms with Gasteiger partial charge in [0.2, 0.25) is 15.9 Å². The van der Waals surface area contributed by atoms with Crippen LogP contribution in [0.4, 0.5) is 0 Å². The van der Waals surface area contributed by atoms with Crippen molar-refractivity contribution in [1.82, 2.24) is 9.62 Å². The largest absolute Gasteiger partial charge is 0.351 e. The molecule has 0 aliphatic carbocycles. The number of carbonyl (C=O) groups excluding carboxylic acids is 1. The van der Waals surface area contributed by atoms with E-state index in [1.165, 1.54) is 0 Å². The molecule has 6 heteroatoms. The van der Waals surface area contributed by atoms with E-state index in [-0.39, 0.29) is 17.2 Å². The summed E-state index contributed by atoms with van der Waals surface area (Å²) in [7, 11) is -3.08. The fraction of sp³-hybridized carbons (Fsp3) is 0.909. The number of carbonyl (C=O) groups is 1. The molecule has 0 radical (unpaired) electrons. The second-order valence-corrected chi connectivity index (χ2v) is 7.24. The highest BCUT2D eigenvalue weighted by Crippen LogP contribution is 2.31. The molecule has 0 saturated carbocycles. The predicted molar refractivity (Wildman–Crippen MR) is 65.0 cm³/mol. The lowest BCUT2D eigenvalue weighted by atomic mass is 9.89. The van der Waals surface area contributed by atoms with Gasteiger partial charge in [0.25, 0.3) is 0 Å². The molecule has 1 atom stereocenters. The number of hydrogen-bond acceptors (Lipinski definition) is 3. The first-order valence-corrected chi connectivity index (χ1v) is 7.87. The maximum Gasteiger partial charge on any atom is 0.220 e. The van der Waals surface area contributed by atoms with Crippen molar-refractivity contribution in [3.05, 3.63) is 0 Å². The monoisotopic (exact) mass is 260 g/mol. The molecule has 2 heterocycles. The summed E-state index contributed by atoms with van der Waals surface area (Å²) in [6.07, 6.45) is 3.92. The molecule has 98 valence electrons. The van der Waals surface area contributed by atoms with Gasteiger partial charge in [-0.05, 0) is 32.6 Å². The van der Waals surface area contributed by atoms with Crippen molar-refractivity contribution in [3.63, 3.8) is 0 Å². The summed E-state index contributed by atoms with van der Waals surface area (Å²) in [5.41, 5.74) is -0.130. The lowest BCUT2D eigenvalue weighted by Crippen LogP contribution is -2.42. The molecule has 0 aromatic carbocycles. The zero-order valence-electron chi connectivity index (χ0n) is 10.2. The normalized spacial score (nSPS) is 31.5. The first kappa shape index (κ1) is 12.8. The zero-order valence-corrected chi connectivity index (χ0v) is 11.1. The summed E-state index contributed by atoms with van der Waals surface area (Å²) in [4.78, 5) is 11.3. The Balaban J connectivity index is 2.06. The summed E-state index contributed by atoms with van der Waals surface area (Å²) in [6, 6.07) is 0. The maximum atomic E-state index is 11.8. The molecule has 1 N–H and O–H groups in total. The third-order valence-corrected chi connectivity index (χ3v) is 5.78. The number of amides is 1. The molecule has 2 rings (SSSR count). The van der Waals surface area contributed by atoms with Crippen LogP contribution in [0.3, 0.4) is 0 Å². The quantitative estimate of drug-likeness (QED) is 0.785. The van der Waals surface area contributed by atoms with Crippen molar-refractivity contribution in [2.75, 3.05) is 18.8 Å². The van der Waals surface area contributed by atoms with Crippen LogP contribution >= 0.6 is 0 Å². The van der Waals surface area contributed by atoms with Gasteiger partial charge in [0, 0.05) is 25.0 Å². The molecule has 0 bridgehead atoms. The van der Waals surface area contributed by atoms with E-state index in [1.54, 1.807) is 11.2 Å². The lowest BCUT2D eigenvalue weighted by molar-refractivity contribution is -0.119. The highest BCUT2D eigenvalue weighted by molar-refractivity contribution is 7.89. The van der Waals surface area contributed by atoms with Gasteiger partial charge in [0.15, 0.2) is 0 Å². The summed E-state index contributed by atoms with van der Waals surface area (Å²) in [5, 5.41) is 3.04. The van der Waals surface area contributed by atoms with Crippen LogP contribution < -0.4 is 5.32 Å². The van der Waals surface area contributed by atoms with E-state index in [2.05, 4.69) is 5.32 Å². The third-order valence-electron chi connectivity index (χ3n) is 3.90. The smallest absolute Gasteiger partial charge is 0.220 e. The third kappa shape index (κ3) is 2.63. The second kappa shape index (κ2) is 4.57. The number of hydrogen-bond donors (Lipinski definition) is 1. The number of nitrogens with one attached hydrogen (secondary N) is 1. The average Bonchev–Trinajstić information content (AvgIpc) is 2.52. The minimum atomic E-state index is -3.08. The number of rotatable bonds is 2. The van der Waals surface area contributed by atoms with Gasteiger partial charge in [0.1, 0.15) is 0 Å². The Morgan fingerprint density at radius 1 is 1.29 bits per heavy atom. The van der Waals surface area contributed by atoms with Crippen LogP contribution in [-0.2, 0) is 14.8 Å². The van der Waals surface area contributed by atoms with Crippen molar-refractivity contribution in [2.45, 2.75) is 44.6 Å². The molecule has 0 aromatic rings. The van der Waals surface area contributed by atoms with E-state index < -0.39 is 10.0 Å². The fourth-order valence-corrected chi connectivity index (χ4v) is 3.92. The van der Waals surface area contributed by atoms with Gasteiger partial charge in [-0.25, -0.2) is 12.7 Å². The average molecular weight is 260 g/mol. The van der Waals surface area contributed by atoms with Crippen molar-refractivity contribution < 1.29 is 13.2 Å². The van der Waals surface area contributed by atoms with Crippen LogP contribution in [0.1, 0.15) is 39.0 Å². The fourth-order valence-electron chi connectivity index (χ4n) is 2.78. The SMILES string of the molecule is CCS(=O)(=O)N1CCC[C@@]2(CCC(=O)N2)CC1. The maximum absolute atomic E-state index is 11.8. The highest BCUT2D eigenvalue weighted by atomic mass is 32.2. The number of sulfonamides is 1. The molecule has 2 saturated heterocycles. The van der Waals surface area contributed by atoms with E-state index in [0.717, 1.165) is 25.7 Å². The van der Waals surface area contributed by atoms with Gasteiger partial charge in [-0.3, -0.25) is 4.79 Å². The topological polar surface area (TPSA) is 66.5 Å². The molecule has 17 heavy (non-hydrogen) atoms. The highest BCUT2D eigenvalue weighted by Gasteiger charge is 2.39. The van der Waals surface area contributed by atoms with Gasteiger partial charge in [-0.15, -0.1) is 0 Å². The molecule has 1 spiro atoms. The minimum absolute atomic E-state index is 0.108. The van der Waals surface area contributed by atoms with E-state index in [4.69, 9.17) is 0 Å². The second-order valence-electron chi connectivity index (χ2n) is 4.98. The van der Waals surface area contributed by atoms with E-state index >= 15 is 0 Å². The van der Waals surface area contributed by atoms with Gasteiger partial charge < -0.3 is 5.32 Å². The standard InChI is InChI=1S/C11H20N2O3S/c1-2-17(15,16)13-8-3-5-11(7-9-13)6-4-10(14)12-11/h2-9H2,1H3,(H,12,14)/t11-/m1/s1. The minimum Gasteiger partial charge on any atom is -0.351 e. The van der Waals surface area contributed by atoms with Crippen LogP contribution in [0.15, 0.2) is 0 Å². The van der Waals surface area contributed by atoms with Crippen molar-refractivity contribution >= 4 is 15.9 Å². The summed E-state index contributed by atoms with van der Waals surface area (Å²) < 4.78 is 25.2. The predicted octanol–water partition coefficient (Wildman–Crippen LogP) is 0.471. The molecule has 5 nitrogen and oxygen atoms in total. The molecule has 2 aliphatic rings. The first-order chi connectivity index (χ1) is 7.97. The molecule has 2 fully saturated rings. The summed E-state index contributed by atoms with van der Waals surface area (Å²) in [5.74, 6) is 0.267. The van der Waals surface area contributed by atoms with Crippen LogP contribution in [0.5, 0.6) is 0 Å². The van der Waals surface area contributed by atoms with Crippen LogP contribution in [0, 0.1) is 0 Å². The lowest BCUT2D eigenvalue weighted by Gasteiger charge is -2.27. The van der Waals surface area contributed by atoms with E-state index in [1.807, 2.05) is 0 Å². The molecule has 1 amide bonds. The Kier molecular flexibility index (Phi) is 3.45. The zero-order chi connectivity index (χ0) is 12.5. The van der Waals surface area contributed by atoms with Crippen LogP contribution in [0.25, 0.3) is 0 Å². The van der Waals surface area contributed by atoms with Crippen LogP contribution in [-0.4, -0.2) is 43.0 Å². The molecular formula is C11H20N2O3S. The van der Waals surface area contributed by atoms with Crippen molar-refractivity contribution in [2.24, 2.45) is 0 Å². The Hall–Kier alpha value is -0.620. The van der Waals surface area contributed by atoms with E-state index in [0.29, 0.717) is 19.5 Å². The van der Waals surface area contributed by atoms with Crippen LogP contribution in [0.2, 0.25) is 0 Å². The first-order valence-electron chi connectivity index (χ1n) is 6.26. The Morgan fingerprint density at radius 2 is 2.06 bits per heavy atom. The van der Waals surface area contributed by atoms with Crippen molar-refractivity contribution in [3.8, 4) is 0 Å². The van der Waals surface area contributed by atoms with Gasteiger partial charge in [-0.1, -0.05) is 0 Å². The molecular weight excluding hydrogens is 240 g/mol. The summed E-state index contributed by atoms with van der Waals surface area (Å²) in [6.45, 7) is 2.80. The Morgan fingerprint density at radius 3 is 2.65 bits per heavy atom. The molecule has 2 aliphatic heterocycles.